The molecule has 0 unspecified atom stereocenters. The molecule has 0 amide bonds. The van der Waals surface area contributed by atoms with Gasteiger partial charge in [-0.25, -0.2) is 0 Å². The van der Waals surface area contributed by atoms with E-state index < -0.39 is 5.97 Å². The zero-order chi connectivity index (χ0) is 3.58. The first-order valence-corrected chi connectivity index (χ1v) is 0.928. The minimum atomic E-state index is -0.833. The van der Waals surface area contributed by atoms with Crippen molar-refractivity contribution in [2.24, 2.45) is 0 Å². The number of carboxylic acid groups (broad SMARTS) is 1. The van der Waals surface area contributed by atoms with Crippen LogP contribution in [0.25, 0.3) is 0 Å². The molecule has 0 radical (unpaired) electrons. The molecule has 1 N–H and O–H groups in total. The Morgan fingerprint density at radius 2 is 1.57 bits per heavy atom. The molecule has 0 spiro atoms. The average molecular weight is 210 g/mol. The van der Waals surface area contributed by atoms with Crippen LogP contribution in [-0.4, -0.2) is 11.1 Å². The van der Waals surface area contributed by atoms with Crippen molar-refractivity contribution in [3.8, 4) is 0 Å². The van der Waals surface area contributed by atoms with Gasteiger partial charge in [0.2, 0.25) is 0 Å². The normalized spacial score (nSPS) is 3.57. The fourth-order valence-corrected chi connectivity index (χ4v) is 0. The molecule has 0 aliphatic rings. The quantitative estimate of drug-likeness (QED) is 0.591. The molecule has 0 saturated heterocycles. The van der Waals surface area contributed by atoms with Gasteiger partial charge in [0.15, 0.2) is 0 Å². The molecule has 0 aromatic rings. The van der Waals surface area contributed by atoms with Crippen LogP contribution in [0.4, 0.5) is 0 Å². The number of aliphatic carboxylic acids is 1. The van der Waals surface area contributed by atoms with E-state index in [4.69, 9.17) is 9.90 Å². The second kappa shape index (κ2) is 15.7. The molecule has 0 rings (SSSR count). The summed E-state index contributed by atoms with van der Waals surface area (Å²) in [5.74, 6) is -0.833. The van der Waals surface area contributed by atoms with Crippen molar-refractivity contribution in [1.29, 1.82) is 0 Å². The predicted octanol–water partition coefficient (Wildman–Crippen LogP) is 0.508. The number of hydrogen-bond acceptors (Lipinski definition) is 1. The van der Waals surface area contributed by atoms with E-state index in [-0.39, 0.29) is 53.6 Å². The molecular weight excluding hydrogens is 205 g/mol. The molecule has 0 bridgehead atoms. The van der Waals surface area contributed by atoms with E-state index >= 15 is 0 Å². The molecule has 0 saturated carbocycles. The average Bonchev–Trinajstić information content (AvgIpc) is 0.811. The van der Waals surface area contributed by atoms with Crippen molar-refractivity contribution in [3.63, 3.8) is 0 Å². The number of hydrogen-bond donors (Lipinski definition) is 1. The molecule has 0 aromatic heterocycles. The van der Waals surface area contributed by atoms with Gasteiger partial charge < -0.3 is 5.11 Å². The molecule has 38 valence electrons. The smallest absolute Gasteiger partial charge is 0.300 e. The Balaban J connectivity index is -0.0000000150. The van der Waals surface area contributed by atoms with Crippen LogP contribution >= 0.6 is 12.4 Å². The first-order chi connectivity index (χ1) is 1.73. The Morgan fingerprint density at radius 3 is 1.57 bits per heavy atom. The summed E-state index contributed by atoms with van der Waals surface area (Å²) in [6.45, 7) is 1.08. The molecule has 0 aromatic carbocycles. The molecule has 7 heavy (non-hydrogen) atoms. The summed E-state index contributed by atoms with van der Waals surface area (Å²) in [6.07, 6.45) is 0. The summed E-state index contributed by atoms with van der Waals surface area (Å²) in [5.41, 5.74) is 0. The van der Waals surface area contributed by atoms with Gasteiger partial charge in [-0.15, -0.1) is 12.4 Å². The molecule has 0 fully saturated rings. The van der Waals surface area contributed by atoms with Crippen molar-refractivity contribution >= 4 is 18.4 Å². The Bertz CT molecular complexity index is 38.7. The van der Waals surface area contributed by atoms with E-state index in [1.54, 1.807) is 0 Å². The van der Waals surface area contributed by atoms with Gasteiger partial charge in [-0.1, -0.05) is 0 Å². The summed E-state index contributed by atoms with van der Waals surface area (Å²) in [5, 5.41) is 7.42. The van der Waals surface area contributed by atoms with Crippen LogP contribution in [-0.2, 0) is 46.0 Å². The van der Waals surface area contributed by atoms with E-state index in [0.29, 0.717) is 0 Å². The molecule has 2 nitrogen and oxygen atoms in total. The van der Waals surface area contributed by atoms with E-state index in [9.17, 15) is 0 Å². The second-order valence-electron chi connectivity index (χ2n) is 0.519. The Kier molecular flexibility index (Phi) is 54.5. The minimum Gasteiger partial charge on any atom is -0.481 e. The summed E-state index contributed by atoms with van der Waals surface area (Å²) < 4.78 is 0. The van der Waals surface area contributed by atoms with E-state index in [1.165, 1.54) is 0 Å². The summed E-state index contributed by atoms with van der Waals surface area (Å²) in [4.78, 5) is 9.00. The van der Waals surface area contributed by atoms with Crippen molar-refractivity contribution in [2.75, 3.05) is 0 Å². The Morgan fingerprint density at radius 1 is 1.57 bits per heavy atom. The minimum absolute atomic E-state index is 0. The molecular formula is C2H5ClO2TiZn. The van der Waals surface area contributed by atoms with Gasteiger partial charge in [0.05, 0.1) is 0 Å². The largest absolute Gasteiger partial charge is 0.481 e. The van der Waals surface area contributed by atoms with Gasteiger partial charge in [-0.2, -0.15) is 0 Å². The third kappa shape index (κ3) is 153. The van der Waals surface area contributed by atoms with Crippen LogP contribution in [0.15, 0.2) is 0 Å². The zero-order valence-electron chi connectivity index (χ0n) is 3.97. The number of rotatable bonds is 0. The van der Waals surface area contributed by atoms with Crippen LogP contribution in [0.3, 0.4) is 0 Å². The SMILES string of the molecule is CC(=O)O.Cl.[Ti].[Zn]. The second-order valence-corrected chi connectivity index (χ2v) is 0.519. The van der Waals surface area contributed by atoms with Gasteiger partial charge in [0.25, 0.3) is 5.97 Å². The first kappa shape index (κ1) is 24.3. The summed E-state index contributed by atoms with van der Waals surface area (Å²) >= 11 is 0. The van der Waals surface area contributed by atoms with Crippen LogP contribution in [0.5, 0.6) is 0 Å². The van der Waals surface area contributed by atoms with Crippen molar-refractivity contribution in [1.82, 2.24) is 0 Å². The van der Waals surface area contributed by atoms with Crippen LogP contribution in [0, 0.1) is 0 Å². The Labute approximate surface area is 76.1 Å². The fraction of sp³-hybridized carbons (Fsp3) is 0.500. The molecule has 0 heterocycles. The zero-order valence-corrected chi connectivity index (χ0v) is 9.32. The maximum absolute atomic E-state index is 9.00. The topological polar surface area (TPSA) is 37.3 Å². The van der Waals surface area contributed by atoms with Crippen LogP contribution < -0.4 is 0 Å². The van der Waals surface area contributed by atoms with Crippen LogP contribution in [0.1, 0.15) is 6.92 Å². The van der Waals surface area contributed by atoms with Crippen LogP contribution in [0.2, 0.25) is 0 Å². The molecule has 5 heteroatoms. The Hall–Kier alpha value is 1.10. The van der Waals surface area contributed by atoms with Gasteiger partial charge in [0, 0.05) is 48.1 Å². The van der Waals surface area contributed by atoms with Gasteiger partial charge in [-0.3, -0.25) is 4.79 Å². The molecule has 0 atom stereocenters. The molecule has 0 aliphatic heterocycles. The van der Waals surface area contributed by atoms with Gasteiger partial charge in [0.1, 0.15) is 0 Å². The van der Waals surface area contributed by atoms with E-state index in [0.717, 1.165) is 6.92 Å². The number of halogens is 1. The maximum atomic E-state index is 9.00. The van der Waals surface area contributed by atoms with E-state index in [1.807, 2.05) is 0 Å². The summed E-state index contributed by atoms with van der Waals surface area (Å²) in [7, 11) is 0. The standard InChI is InChI=1S/C2H4O2.ClH.Ti.Zn/c1-2(3)4;;;/h1H3,(H,3,4);1H;;. The predicted molar refractivity (Wildman–Crippen MR) is 20.6 cm³/mol. The van der Waals surface area contributed by atoms with Gasteiger partial charge in [-0.05, 0) is 0 Å². The van der Waals surface area contributed by atoms with Crippen molar-refractivity contribution in [2.45, 2.75) is 6.92 Å². The van der Waals surface area contributed by atoms with Gasteiger partial charge >= 0.3 is 0 Å². The fourth-order valence-electron chi connectivity index (χ4n) is 0. The monoisotopic (exact) mass is 208 g/mol. The first-order valence-electron chi connectivity index (χ1n) is 0.928. The number of carbonyl (C=O) groups is 1. The third-order valence-corrected chi connectivity index (χ3v) is 0. The maximum Gasteiger partial charge on any atom is 0.300 e. The third-order valence-electron chi connectivity index (χ3n) is 0. The summed E-state index contributed by atoms with van der Waals surface area (Å²) in [6, 6.07) is 0. The number of carboxylic acids is 1. The van der Waals surface area contributed by atoms with Crippen molar-refractivity contribution < 1.29 is 51.1 Å². The van der Waals surface area contributed by atoms with Crippen molar-refractivity contribution in [3.05, 3.63) is 0 Å². The molecule has 0 aliphatic carbocycles. The van der Waals surface area contributed by atoms with E-state index in [2.05, 4.69) is 0 Å².